The van der Waals surface area contributed by atoms with Gasteiger partial charge in [0.2, 0.25) is 0 Å². The van der Waals surface area contributed by atoms with E-state index in [1.807, 2.05) is 0 Å². The quantitative estimate of drug-likeness (QED) is 0.744. The molecule has 0 saturated carbocycles. The second-order valence-corrected chi connectivity index (χ2v) is 2.70. The Balaban J connectivity index is 3.26. The highest BCUT2D eigenvalue weighted by Gasteiger charge is 2.15. The van der Waals surface area contributed by atoms with E-state index in [0.717, 1.165) is 6.07 Å². The number of nitrogens with zero attached hydrogens (tertiary/aromatic N) is 2. The molecule has 0 atom stereocenters. The molecule has 0 aromatic carbocycles. The van der Waals surface area contributed by atoms with Crippen molar-refractivity contribution in [2.75, 3.05) is 19.0 Å². The molecule has 0 unspecified atom stereocenters. The largest absolute Gasteiger partial charge is 0.478 e. The molecule has 0 fully saturated rings. The summed E-state index contributed by atoms with van der Waals surface area (Å²) in [5.74, 6) is -2.07. The van der Waals surface area contributed by atoms with Crippen molar-refractivity contribution < 1.29 is 14.3 Å². The zero-order chi connectivity index (χ0) is 10.0. The number of rotatable bonds is 2. The third-order valence-corrected chi connectivity index (χ3v) is 1.52. The Kier molecular flexibility index (Phi) is 2.46. The van der Waals surface area contributed by atoms with Gasteiger partial charge in [-0.1, -0.05) is 0 Å². The second kappa shape index (κ2) is 3.38. The van der Waals surface area contributed by atoms with Gasteiger partial charge in [-0.3, -0.25) is 0 Å². The van der Waals surface area contributed by atoms with Crippen LogP contribution < -0.4 is 4.90 Å². The lowest BCUT2D eigenvalue weighted by molar-refractivity contribution is 0.0692. The summed E-state index contributed by atoms with van der Waals surface area (Å²) < 4.78 is 13.3. The van der Waals surface area contributed by atoms with E-state index in [9.17, 15) is 9.18 Å². The van der Waals surface area contributed by atoms with Crippen molar-refractivity contribution in [3.63, 3.8) is 0 Å². The molecule has 13 heavy (non-hydrogen) atoms. The van der Waals surface area contributed by atoms with E-state index < -0.39 is 11.8 Å². The summed E-state index contributed by atoms with van der Waals surface area (Å²) in [4.78, 5) is 15.6. The molecule has 0 aliphatic carbocycles. The smallest absolute Gasteiger partial charge is 0.338 e. The van der Waals surface area contributed by atoms with Crippen LogP contribution in [0.25, 0.3) is 0 Å². The van der Waals surface area contributed by atoms with Crippen LogP contribution in [-0.2, 0) is 0 Å². The van der Waals surface area contributed by atoms with Crippen molar-refractivity contribution in [1.82, 2.24) is 4.98 Å². The van der Waals surface area contributed by atoms with Crippen molar-refractivity contribution in [2.45, 2.75) is 0 Å². The van der Waals surface area contributed by atoms with Crippen molar-refractivity contribution in [3.05, 3.63) is 23.6 Å². The van der Waals surface area contributed by atoms with Crippen molar-refractivity contribution in [3.8, 4) is 0 Å². The van der Waals surface area contributed by atoms with E-state index in [0.29, 0.717) is 0 Å². The number of carbonyl (C=O) groups is 1. The first-order chi connectivity index (χ1) is 6.04. The fraction of sp³-hybridized carbons (Fsp3) is 0.250. The van der Waals surface area contributed by atoms with Crippen LogP contribution in [0.5, 0.6) is 0 Å². The summed E-state index contributed by atoms with van der Waals surface area (Å²) in [5, 5.41) is 8.59. The predicted octanol–water partition coefficient (Wildman–Crippen LogP) is 0.985. The SMILES string of the molecule is CN(C)c1nccc(C(=O)O)c1F. The number of anilines is 1. The molecule has 0 amide bonds. The zero-order valence-electron chi connectivity index (χ0n) is 7.28. The van der Waals surface area contributed by atoms with E-state index in [-0.39, 0.29) is 11.4 Å². The number of hydrogen-bond acceptors (Lipinski definition) is 3. The molecule has 5 heteroatoms. The van der Waals surface area contributed by atoms with Crippen LogP contribution in [0.4, 0.5) is 10.2 Å². The zero-order valence-corrected chi connectivity index (χ0v) is 7.28. The maximum absolute atomic E-state index is 13.3. The summed E-state index contributed by atoms with van der Waals surface area (Å²) in [6.45, 7) is 0. The van der Waals surface area contributed by atoms with Gasteiger partial charge in [-0.2, -0.15) is 0 Å². The molecule has 0 radical (unpaired) electrons. The summed E-state index contributed by atoms with van der Waals surface area (Å²) in [7, 11) is 3.19. The molecular weight excluding hydrogens is 175 g/mol. The molecule has 1 aromatic rings. The first-order valence-corrected chi connectivity index (χ1v) is 3.59. The summed E-state index contributed by atoms with van der Waals surface area (Å²) in [6, 6.07) is 1.13. The summed E-state index contributed by atoms with van der Waals surface area (Å²) >= 11 is 0. The molecule has 4 nitrogen and oxygen atoms in total. The highest BCUT2D eigenvalue weighted by molar-refractivity contribution is 5.88. The summed E-state index contributed by atoms with van der Waals surface area (Å²) in [6.07, 6.45) is 1.27. The molecule has 0 bridgehead atoms. The lowest BCUT2D eigenvalue weighted by Crippen LogP contribution is -2.15. The standard InChI is InChI=1S/C8H9FN2O2/c1-11(2)7-6(9)5(8(12)13)3-4-10-7/h3-4H,1-2H3,(H,12,13). The first-order valence-electron chi connectivity index (χ1n) is 3.59. The number of carboxylic acids is 1. The van der Waals surface area contributed by atoms with Crippen LogP contribution in [0, 0.1) is 5.82 Å². The molecular formula is C8H9FN2O2. The van der Waals surface area contributed by atoms with Gasteiger partial charge in [-0.25, -0.2) is 14.2 Å². The maximum atomic E-state index is 13.3. The lowest BCUT2D eigenvalue weighted by atomic mass is 10.2. The number of hydrogen-bond donors (Lipinski definition) is 1. The number of halogens is 1. The van der Waals surface area contributed by atoms with Gasteiger partial charge in [-0.15, -0.1) is 0 Å². The second-order valence-electron chi connectivity index (χ2n) is 2.70. The van der Waals surface area contributed by atoms with E-state index in [2.05, 4.69) is 4.98 Å². The van der Waals surface area contributed by atoms with Crippen molar-refractivity contribution >= 4 is 11.8 Å². The van der Waals surface area contributed by atoms with Crippen LogP contribution in [-0.4, -0.2) is 30.2 Å². The molecule has 70 valence electrons. The molecule has 1 N–H and O–H groups in total. The third-order valence-electron chi connectivity index (χ3n) is 1.52. The Morgan fingerprint density at radius 3 is 2.69 bits per heavy atom. The van der Waals surface area contributed by atoms with Gasteiger partial charge in [0.1, 0.15) is 5.56 Å². The number of aromatic nitrogens is 1. The average molecular weight is 184 g/mol. The Labute approximate surface area is 74.6 Å². The van der Waals surface area contributed by atoms with Crippen molar-refractivity contribution in [1.29, 1.82) is 0 Å². The fourth-order valence-electron chi connectivity index (χ4n) is 0.910. The Hall–Kier alpha value is -1.65. The first kappa shape index (κ1) is 9.44. The Bertz CT molecular complexity index is 339. The minimum Gasteiger partial charge on any atom is -0.478 e. The van der Waals surface area contributed by atoms with Gasteiger partial charge in [0.25, 0.3) is 0 Å². The minimum atomic E-state index is -1.29. The van der Waals surface area contributed by atoms with Crippen LogP contribution in [0.15, 0.2) is 12.3 Å². The number of carboxylic acid groups (broad SMARTS) is 1. The Morgan fingerprint density at radius 1 is 1.62 bits per heavy atom. The van der Waals surface area contributed by atoms with Gasteiger partial charge < -0.3 is 10.0 Å². The van der Waals surface area contributed by atoms with Crippen LogP contribution in [0.2, 0.25) is 0 Å². The molecule has 0 aliphatic rings. The molecule has 0 spiro atoms. The van der Waals surface area contributed by atoms with E-state index in [4.69, 9.17) is 5.11 Å². The van der Waals surface area contributed by atoms with Crippen LogP contribution >= 0.6 is 0 Å². The van der Waals surface area contributed by atoms with E-state index >= 15 is 0 Å². The summed E-state index contributed by atoms with van der Waals surface area (Å²) in [5.41, 5.74) is -0.362. The number of aromatic carboxylic acids is 1. The van der Waals surface area contributed by atoms with Gasteiger partial charge in [0, 0.05) is 20.3 Å². The molecule has 1 aromatic heterocycles. The van der Waals surface area contributed by atoms with Gasteiger partial charge in [0.05, 0.1) is 0 Å². The molecule has 0 aliphatic heterocycles. The van der Waals surface area contributed by atoms with Crippen molar-refractivity contribution in [2.24, 2.45) is 0 Å². The maximum Gasteiger partial charge on any atom is 0.338 e. The topological polar surface area (TPSA) is 53.4 Å². The van der Waals surface area contributed by atoms with E-state index in [1.54, 1.807) is 14.1 Å². The Morgan fingerprint density at radius 2 is 2.23 bits per heavy atom. The van der Waals surface area contributed by atoms with E-state index in [1.165, 1.54) is 11.1 Å². The fourth-order valence-corrected chi connectivity index (χ4v) is 0.910. The van der Waals surface area contributed by atoms with Gasteiger partial charge in [0.15, 0.2) is 11.6 Å². The predicted molar refractivity (Wildman–Crippen MR) is 45.5 cm³/mol. The van der Waals surface area contributed by atoms with Crippen LogP contribution in [0.3, 0.4) is 0 Å². The molecule has 0 saturated heterocycles. The highest BCUT2D eigenvalue weighted by atomic mass is 19.1. The third kappa shape index (κ3) is 1.74. The minimum absolute atomic E-state index is 0.0277. The lowest BCUT2D eigenvalue weighted by Gasteiger charge is -2.12. The number of pyridine rings is 1. The van der Waals surface area contributed by atoms with Crippen LogP contribution in [0.1, 0.15) is 10.4 Å². The molecule has 1 rings (SSSR count). The van der Waals surface area contributed by atoms with Gasteiger partial charge >= 0.3 is 5.97 Å². The van der Waals surface area contributed by atoms with Gasteiger partial charge in [-0.05, 0) is 6.07 Å². The molecule has 1 heterocycles. The average Bonchev–Trinajstić information content (AvgIpc) is 2.03. The monoisotopic (exact) mass is 184 g/mol. The highest BCUT2D eigenvalue weighted by Crippen LogP contribution is 2.16. The normalized spacial score (nSPS) is 9.77.